The van der Waals surface area contributed by atoms with E-state index in [0.29, 0.717) is 49.9 Å². The van der Waals surface area contributed by atoms with Crippen LogP contribution in [-0.2, 0) is 79.9 Å². The minimum atomic E-state index is -1.58. The van der Waals surface area contributed by atoms with Crippen LogP contribution in [0.15, 0.2) is 60.7 Å². The first-order valence-corrected chi connectivity index (χ1v) is 36.0. The van der Waals surface area contributed by atoms with Crippen molar-refractivity contribution in [3.8, 4) is 0 Å². The van der Waals surface area contributed by atoms with E-state index in [1.807, 2.05) is 34.6 Å². The quantitative estimate of drug-likeness (QED) is 0.180. The van der Waals surface area contributed by atoms with Crippen molar-refractivity contribution in [1.82, 2.24) is 45.3 Å². The van der Waals surface area contributed by atoms with E-state index in [0.717, 1.165) is 11.3 Å². The Morgan fingerprint density at radius 2 is 1.15 bits per heavy atom. The van der Waals surface area contributed by atoms with Gasteiger partial charge in [0.1, 0.15) is 18.1 Å². The molecule has 24 heteroatoms. The molecule has 12 atom stereocenters. The van der Waals surface area contributed by atoms with Gasteiger partial charge in [-0.25, -0.2) is 0 Å². The van der Waals surface area contributed by atoms with Gasteiger partial charge in [-0.05, 0) is 115 Å². The largest absolute Gasteiger partial charge is 0.391 e. The van der Waals surface area contributed by atoms with Gasteiger partial charge in [-0.15, -0.1) is 0 Å². The molecule has 100 heavy (non-hydrogen) atoms. The van der Waals surface area contributed by atoms with E-state index >= 15 is 14.4 Å². The summed E-state index contributed by atoms with van der Waals surface area (Å²) in [5.74, 6) is -13.1. The average molecular weight is 1390 g/mol. The second kappa shape index (κ2) is 38.9. The first kappa shape index (κ1) is 82.9. The van der Waals surface area contributed by atoms with E-state index in [1.54, 1.807) is 93.3 Å². The highest BCUT2D eigenvalue weighted by Gasteiger charge is 2.43. The van der Waals surface area contributed by atoms with Crippen LogP contribution in [-0.4, -0.2) is 226 Å². The van der Waals surface area contributed by atoms with Crippen molar-refractivity contribution in [1.29, 1.82) is 0 Å². The highest BCUT2D eigenvalue weighted by Crippen LogP contribution is 2.30. The number of aliphatic hydroxyl groups is 1. The van der Waals surface area contributed by atoms with Crippen LogP contribution in [0.25, 0.3) is 0 Å². The maximum Gasteiger partial charge on any atom is 0.245 e. The van der Waals surface area contributed by atoms with Crippen LogP contribution >= 0.6 is 0 Å². The van der Waals surface area contributed by atoms with E-state index in [9.17, 15) is 53.1 Å². The van der Waals surface area contributed by atoms with Gasteiger partial charge >= 0.3 is 0 Å². The van der Waals surface area contributed by atoms with E-state index in [1.165, 1.54) is 61.6 Å². The van der Waals surface area contributed by atoms with E-state index < -0.39 is 193 Å². The number of piperidine rings is 1. The molecule has 0 saturated carbocycles. The molecule has 2 aromatic rings. The summed E-state index contributed by atoms with van der Waals surface area (Å²) in [7, 11) is 5.68. The lowest BCUT2D eigenvalue weighted by atomic mass is 9.84. The molecule has 4 N–H and O–H groups in total. The molecule has 3 aliphatic heterocycles. The summed E-state index contributed by atoms with van der Waals surface area (Å²) < 4.78 is 6.10. The Hall–Kier alpha value is -7.73. The number of amides is 9. The zero-order valence-corrected chi connectivity index (χ0v) is 62.1. The zero-order valence-electron chi connectivity index (χ0n) is 62.1. The maximum atomic E-state index is 15.2. The number of hydrogen-bond acceptors (Lipinski definition) is 15. The lowest BCUT2D eigenvalue weighted by Gasteiger charge is -2.34. The molecule has 0 spiro atoms. The van der Waals surface area contributed by atoms with Crippen molar-refractivity contribution in [3.05, 3.63) is 71.8 Å². The molecule has 3 aliphatic rings. The Balaban J connectivity index is 1.60. The Labute approximate surface area is 592 Å². The molecule has 554 valence electrons. The highest BCUT2D eigenvalue weighted by molar-refractivity contribution is 6.00. The van der Waals surface area contributed by atoms with Gasteiger partial charge < -0.3 is 55.2 Å². The number of likely N-dealkylation sites (tertiary alicyclic amines) is 1. The monoisotopic (exact) mass is 1390 g/mol. The molecule has 0 aliphatic carbocycles. The molecular formula is C76H115N9O15. The van der Waals surface area contributed by atoms with Crippen LogP contribution in [0.4, 0.5) is 0 Å². The standard InChI is InChI=1S/C76H115N9O15/c1-16-49(6)57-43-64(89)59-31-26-34-85(59)68(93)44-77-71(95)56(46-100-76(9,10)11)41-63(88)61(36-48(4)5)83(15)75(99)58(38-53-29-22-18-23-30-53)78-66(91)45-80(12)67(92)42-55(73(97)84-32-24-19-25-33-84)39-62(87)60(35-47(2)3)82(14)72(96)54(37-52-27-20-17-21-28-52)40-65(90)69(51(8)86)79-70(94)50(7)81(13)74(57)98/h17-18,20-23,27-30,47-51,54-61,69,86H,16,19,24-26,31-46H2,1-15H3,(H,77,95)(H,78,91)(H,79,94)/t49-,50-,51+,54+,55-,56-,57-,58?,59-,60-,61-,69-/m0/s1. The summed E-state index contributed by atoms with van der Waals surface area (Å²) in [4.78, 5) is 199. The summed E-state index contributed by atoms with van der Waals surface area (Å²) in [6.07, 6.45) is -0.00339. The molecule has 1 unspecified atom stereocenters. The number of ether oxygens (including phenoxy) is 1. The van der Waals surface area contributed by atoms with Crippen LogP contribution in [0.2, 0.25) is 0 Å². The number of fused-ring (bicyclic) bond motifs is 1. The van der Waals surface area contributed by atoms with Crippen LogP contribution in [0.1, 0.15) is 171 Å². The number of Topliss-reactive ketones (excluding diaryl/α,β-unsaturated/α-hetero) is 4. The summed E-state index contributed by atoms with van der Waals surface area (Å²) in [6, 6.07) is 10.4. The SMILES string of the molecule is CC[C@H](C)[C@@H]1CC(=O)[C@@H]2CCCN2C(=O)CNC(=O)[C@H](COC(C)(C)C)CC(=O)[C@H](CC(C)C)N(C)C(=O)C(Cc2ccccc2)NC(=O)CN(C)C(=O)C[C@@H](C(=O)N2CCCCC2)CC(=O)[C@H](CC(C)C)N(C)C(=O)[C@H](Cc2ccccc2)CC(=O)[C@H]([C@@H](C)O)NC(=O)[C@H](C)N(C)C1=O. The number of nitrogens with one attached hydrogen (secondary N) is 3. The molecule has 3 fully saturated rings. The Bertz CT molecular complexity index is 3150. The first-order valence-electron chi connectivity index (χ1n) is 36.0. The lowest BCUT2D eigenvalue weighted by molar-refractivity contribution is -0.147. The van der Waals surface area contributed by atoms with Gasteiger partial charge in [-0.3, -0.25) is 62.3 Å². The third kappa shape index (κ3) is 24.5. The van der Waals surface area contributed by atoms with Crippen LogP contribution in [0, 0.1) is 41.4 Å². The van der Waals surface area contributed by atoms with Gasteiger partial charge in [-0.2, -0.15) is 0 Å². The predicted molar refractivity (Wildman–Crippen MR) is 378 cm³/mol. The third-order valence-electron chi connectivity index (χ3n) is 19.9. The fourth-order valence-corrected chi connectivity index (χ4v) is 13.5. The van der Waals surface area contributed by atoms with Crippen molar-refractivity contribution in [2.45, 2.75) is 220 Å². The van der Waals surface area contributed by atoms with Gasteiger partial charge in [0.15, 0.2) is 23.1 Å². The second-order valence-corrected chi connectivity index (χ2v) is 30.0. The third-order valence-corrected chi connectivity index (χ3v) is 19.9. The van der Waals surface area contributed by atoms with Crippen molar-refractivity contribution in [2.75, 3.05) is 67.5 Å². The van der Waals surface area contributed by atoms with Gasteiger partial charge in [0.25, 0.3) is 0 Å². The van der Waals surface area contributed by atoms with Crippen molar-refractivity contribution < 1.29 is 72.2 Å². The van der Waals surface area contributed by atoms with Crippen LogP contribution in [0.5, 0.6) is 0 Å². The van der Waals surface area contributed by atoms with Gasteiger partial charge in [0.05, 0.1) is 61.4 Å². The summed E-state index contributed by atoms with van der Waals surface area (Å²) in [5, 5.41) is 19.4. The van der Waals surface area contributed by atoms with Crippen molar-refractivity contribution in [2.24, 2.45) is 41.4 Å². The molecule has 9 amide bonds. The lowest BCUT2D eigenvalue weighted by Crippen LogP contribution is -2.55. The number of rotatable bonds is 14. The topological polar surface area (TPSA) is 307 Å². The molecule has 0 radical (unpaired) electrons. The fraction of sp³-hybridized carbons (Fsp3) is 0.671. The second-order valence-electron chi connectivity index (χ2n) is 30.0. The highest BCUT2D eigenvalue weighted by atomic mass is 16.5. The molecule has 24 nitrogen and oxygen atoms in total. The number of ketones is 4. The molecule has 0 bridgehead atoms. The zero-order chi connectivity index (χ0) is 74.5. The number of likely N-dealkylation sites (N-methyl/N-ethyl adjacent to an activating group) is 4. The smallest absolute Gasteiger partial charge is 0.245 e. The minimum Gasteiger partial charge on any atom is -0.391 e. The van der Waals surface area contributed by atoms with E-state index in [4.69, 9.17) is 4.74 Å². The number of hydrogen-bond donors (Lipinski definition) is 4. The maximum absolute atomic E-state index is 15.2. The number of aliphatic hydroxyl groups excluding tert-OH is 1. The Morgan fingerprint density at radius 1 is 0.600 bits per heavy atom. The first-order chi connectivity index (χ1) is 47.0. The summed E-state index contributed by atoms with van der Waals surface area (Å²) in [5.41, 5.74) is 0.558. The molecule has 3 heterocycles. The Kier molecular flexibility index (Phi) is 32.3. The van der Waals surface area contributed by atoms with Crippen LogP contribution in [0.3, 0.4) is 0 Å². The summed E-state index contributed by atoms with van der Waals surface area (Å²) >= 11 is 0. The van der Waals surface area contributed by atoms with Crippen molar-refractivity contribution in [3.63, 3.8) is 0 Å². The summed E-state index contributed by atoms with van der Waals surface area (Å²) in [6.45, 7) is 18.8. The van der Waals surface area contributed by atoms with E-state index in [2.05, 4.69) is 16.0 Å². The fourth-order valence-electron chi connectivity index (χ4n) is 13.5. The van der Waals surface area contributed by atoms with E-state index in [-0.39, 0.29) is 63.5 Å². The molecule has 3 saturated heterocycles. The van der Waals surface area contributed by atoms with Gasteiger partial charge in [0.2, 0.25) is 53.2 Å². The number of carbonyl (C=O) groups excluding carboxylic acids is 13. The van der Waals surface area contributed by atoms with Crippen LogP contribution < -0.4 is 16.0 Å². The number of nitrogens with zero attached hydrogens (tertiary/aromatic N) is 6. The normalized spacial score (nSPS) is 26.4. The average Bonchev–Trinajstić information content (AvgIpc) is 1.31. The van der Waals surface area contributed by atoms with Gasteiger partial charge in [-0.1, -0.05) is 109 Å². The minimum absolute atomic E-state index is 0.000302. The molecule has 0 aromatic heterocycles. The molecule has 2 aromatic carbocycles. The van der Waals surface area contributed by atoms with Gasteiger partial charge in [0, 0.05) is 98.2 Å². The number of carbonyl (C=O) groups is 13. The predicted octanol–water partition coefficient (Wildman–Crippen LogP) is 5.56. The van der Waals surface area contributed by atoms with Crippen molar-refractivity contribution >= 4 is 76.3 Å². The molecule has 5 rings (SSSR count). The number of benzene rings is 2. The molecular weight excluding hydrogens is 1280 g/mol. The Morgan fingerprint density at radius 3 is 1.70 bits per heavy atom.